The van der Waals surface area contributed by atoms with Gasteiger partial charge in [-0.1, -0.05) is 23.8 Å². The van der Waals surface area contributed by atoms with Crippen LogP contribution in [0.2, 0.25) is 0 Å². The molecule has 3 nitrogen and oxygen atoms in total. The lowest BCUT2D eigenvalue weighted by atomic mass is 10.1. The average molecular weight is 227 g/mol. The van der Waals surface area contributed by atoms with Crippen LogP contribution in [-0.2, 0) is 0 Å². The minimum absolute atomic E-state index is 0.459. The normalized spacial score (nSPS) is 19.7. The maximum Gasteiger partial charge on any atom is 0.0924 e. The molecule has 1 saturated heterocycles. The summed E-state index contributed by atoms with van der Waals surface area (Å²) in [6, 6.07) is 11.1. The topological polar surface area (TPSA) is 40.7 Å². The maximum atomic E-state index is 4.41. The van der Waals surface area contributed by atoms with E-state index in [4.69, 9.17) is 0 Å². The van der Waals surface area contributed by atoms with Gasteiger partial charge in [-0.3, -0.25) is 5.10 Å². The fraction of sp³-hybridized carbons (Fsp3) is 0.357. The fourth-order valence-electron chi connectivity index (χ4n) is 2.42. The zero-order valence-electron chi connectivity index (χ0n) is 10.0. The lowest BCUT2D eigenvalue weighted by Crippen LogP contribution is -2.12. The first kappa shape index (κ1) is 10.5. The summed E-state index contributed by atoms with van der Waals surface area (Å²) in [5.74, 6) is 0. The number of benzene rings is 1. The molecular formula is C14H17N3. The van der Waals surface area contributed by atoms with Crippen molar-refractivity contribution < 1.29 is 0 Å². The molecule has 1 unspecified atom stereocenters. The van der Waals surface area contributed by atoms with Crippen LogP contribution in [0.5, 0.6) is 0 Å². The van der Waals surface area contributed by atoms with Crippen LogP contribution < -0.4 is 5.32 Å². The largest absolute Gasteiger partial charge is 0.309 e. The lowest BCUT2D eigenvalue weighted by molar-refractivity contribution is 0.625. The molecule has 1 atom stereocenters. The van der Waals surface area contributed by atoms with Crippen molar-refractivity contribution in [1.29, 1.82) is 0 Å². The molecule has 1 aromatic heterocycles. The third-order valence-electron chi connectivity index (χ3n) is 3.35. The van der Waals surface area contributed by atoms with Gasteiger partial charge in [0.1, 0.15) is 0 Å². The lowest BCUT2D eigenvalue weighted by Gasteiger charge is -2.05. The highest BCUT2D eigenvalue weighted by atomic mass is 15.1. The Bertz CT molecular complexity index is 510. The molecule has 0 radical (unpaired) electrons. The zero-order valence-corrected chi connectivity index (χ0v) is 10.0. The van der Waals surface area contributed by atoms with Crippen LogP contribution in [-0.4, -0.2) is 16.7 Å². The van der Waals surface area contributed by atoms with Crippen molar-refractivity contribution in [3.63, 3.8) is 0 Å². The van der Waals surface area contributed by atoms with E-state index < -0.39 is 0 Å². The molecule has 1 aromatic carbocycles. The van der Waals surface area contributed by atoms with E-state index in [1.54, 1.807) is 0 Å². The van der Waals surface area contributed by atoms with Gasteiger partial charge in [0.2, 0.25) is 0 Å². The third kappa shape index (κ3) is 2.11. The number of H-pyrrole nitrogens is 1. The van der Waals surface area contributed by atoms with Gasteiger partial charge in [0.15, 0.2) is 0 Å². The summed E-state index contributed by atoms with van der Waals surface area (Å²) in [4.78, 5) is 0. The number of nitrogens with zero attached hydrogens (tertiary/aromatic N) is 1. The number of rotatable bonds is 2. The van der Waals surface area contributed by atoms with Gasteiger partial charge < -0.3 is 5.32 Å². The molecule has 2 N–H and O–H groups in total. The summed E-state index contributed by atoms with van der Waals surface area (Å²) in [5.41, 5.74) is 4.70. The van der Waals surface area contributed by atoms with Gasteiger partial charge in [0.05, 0.1) is 11.4 Å². The molecule has 0 aliphatic carbocycles. The molecule has 17 heavy (non-hydrogen) atoms. The number of nitrogens with one attached hydrogen (secondary N) is 2. The first-order valence-corrected chi connectivity index (χ1v) is 6.19. The highest BCUT2D eigenvalue weighted by Gasteiger charge is 2.18. The molecule has 1 fully saturated rings. The molecule has 0 bridgehead atoms. The smallest absolute Gasteiger partial charge is 0.0924 e. The minimum atomic E-state index is 0.459. The Labute approximate surface area is 101 Å². The van der Waals surface area contributed by atoms with E-state index in [0.29, 0.717) is 6.04 Å². The second-order valence-corrected chi connectivity index (χ2v) is 4.73. The van der Waals surface area contributed by atoms with E-state index in [-0.39, 0.29) is 0 Å². The number of hydrogen-bond acceptors (Lipinski definition) is 2. The highest BCUT2D eigenvalue weighted by molar-refractivity contribution is 5.60. The molecule has 3 rings (SSSR count). The van der Waals surface area contributed by atoms with Crippen LogP contribution in [0, 0.1) is 6.92 Å². The number of aryl methyl sites for hydroxylation is 1. The molecule has 0 amide bonds. The first-order valence-electron chi connectivity index (χ1n) is 6.19. The Morgan fingerprint density at radius 1 is 1.29 bits per heavy atom. The monoisotopic (exact) mass is 227 g/mol. The summed E-state index contributed by atoms with van der Waals surface area (Å²) in [5, 5.41) is 11.0. The second kappa shape index (κ2) is 4.34. The Balaban J connectivity index is 1.89. The van der Waals surface area contributed by atoms with E-state index in [2.05, 4.69) is 52.8 Å². The molecule has 2 aromatic rings. The van der Waals surface area contributed by atoms with Crippen LogP contribution in [0.15, 0.2) is 30.3 Å². The van der Waals surface area contributed by atoms with E-state index in [9.17, 15) is 0 Å². The van der Waals surface area contributed by atoms with Crippen LogP contribution in [0.25, 0.3) is 11.3 Å². The average Bonchev–Trinajstić information content (AvgIpc) is 3.00. The maximum absolute atomic E-state index is 4.41. The third-order valence-corrected chi connectivity index (χ3v) is 3.35. The summed E-state index contributed by atoms with van der Waals surface area (Å²) in [7, 11) is 0. The van der Waals surface area contributed by atoms with Gasteiger partial charge >= 0.3 is 0 Å². The first-order chi connectivity index (χ1) is 8.33. The van der Waals surface area contributed by atoms with Gasteiger partial charge in [-0.05, 0) is 38.4 Å². The number of aromatic nitrogens is 2. The molecule has 3 heteroatoms. The van der Waals surface area contributed by atoms with Gasteiger partial charge in [0, 0.05) is 11.6 Å². The fourth-order valence-corrected chi connectivity index (χ4v) is 2.42. The Morgan fingerprint density at radius 2 is 2.24 bits per heavy atom. The summed E-state index contributed by atoms with van der Waals surface area (Å²) in [6.07, 6.45) is 2.46. The van der Waals surface area contributed by atoms with E-state index in [1.807, 2.05) is 0 Å². The quantitative estimate of drug-likeness (QED) is 0.828. The van der Waals surface area contributed by atoms with Crippen LogP contribution >= 0.6 is 0 Å². The Kier molecular flexibility index (Phi) is 2.69. The molecule has 0 saturated carbocycles. The van der Waals surface area contributed by atoms with Crippen LogP contribution in [0.4, 0.5) is 0 Å². The highest BCUT2D eigenvalue weighted by Crippen LogP contribution is 2.25. The van der Waals surface area contributed by atoms with Gasteiger partial charge in [0.25, 0.3) is 0 Å². The van der Waals surface area contributed by atoms with Crippen molar-refractivity contribution in [2.75, 3.05) is 6.54 Å². The van der Waals surface area contributed by atoms with Crippen LogP contribution in [0.1, 0.15) is 30.1 Å². The molecular weight excluding hydrogens is 210 g/mol. The minimum Gasteiger partial charge on any atom is -0.309 e. The van der Waals surface area contributed by atoms with Crippen LogP contribution in [0.3, 0.4) is 0 Å². The molecule has 0 spiro atoms. The van der Waals surface area contributed by atoms with Gasteiger partial charge in [-0.2, -0.15) is 5.10 Å². The van der Waals surface area contributed by atoms with Crippen molar-refractivity contribution in [3.05, 3.63) is 41.6 Å². The Morgan fingerprint density at radius 3 is 3.00 bits per heavy atom. The van der Waals surface area contributed by atoms with Gasteiger partial charge in [-0.25, -0.2) is 0 Å². The number of aromatic amines is 1. The van der Waals surface area contributed by atoms with E-state index >= 15 is 0 Å². The molecule has 2 heterocycles. The SMILES string of the molecule is Cc1cccc(-c2cc(C3CCCN3)[nH]n2)c1. The van der Waals surface area contributed by atoms with Crippen molar-refractivity contribution in [1.82, 2.24) is 15.5 Å². The van der Waals surface area contributed by atoms with Crippen molar-refractivity contribution in [2.24, 2.45) is 0 Å². The summed E-state index contributed by atoms with van der Waals surface area (Å²) in [6.45, 7) is 3.22. The predicted octanol–water partition coefficient (Wildman–Crippen LogP) is 2.81. The standard InChI is InChI=1S/C14H17N3/c1-10-4-2-5-11(8-10)13-9-14(17-16-13)12-6-3-7-15-12/h2,4-5,8-9,12,15H,3,6-7H2,1H3,(H,16,17). The predicted molar refractivity (Wildman–Crippen MR) is 68.7 cm³/mol. The summed E-state index contributed by atoms with van der Waals surface area (Å²) < 4.78 is 0. The van der Waals surface area contributed by atoms with E-state index in [1.165, 1.54) is 29.7 Å². The van der Waals surface area contributed by atoms with Crippen molar-refractivity contribution in [3.8, 4) is 11.3 Å². The van der Waals surface area contributed by atoms with Crippen molar-refractivity contribution >= 4 is 0 Å². The second-order valence-electron chi connectivity index (χ2n) is 4.73. The number of hydrogen-bond donors (Lipinski definition) is 2. The zero-order chi connectivity index (χ0) is 11.7. The van der Waals surface area contributed by atoms with Gasteiger partial charge in [-0.15, -0.1) is 0 Å². The van der Waals surface area contributed by atoms with Crippen molar-refractivity contribution in [2.45, 2.75) is 25.8 Å². The Hall–Kier alpha value is -1.61. The molecule has 88 valence electrons. The summed E-state index contributed by atoms with van der Waals surface area (Å²) >= 11 is 0. The molecule has 1 aliphatic heterocycles. The van der Waals surface area contributed by atoms with E-state index in [0.717, 1.165) is 12.2 Å². The molecule has 1 aliphatic rings.